The van der Waals surface area contributed by atoms with E-state index in [2.05, 4.69) is 17.4 Å². The van der Waals surface area contributed by atoms with Crippen molar-refractivity contribution >= 4 is 17.3 Å². The molecule has 23 heavy (non-hydrogen) atoms. The SMILES string of the molecule is CN(CCc1ccccc1)CC(=O)Nc1cccc([N+](=O)[O-])c1. The maximum absolute atomic E-state index is 12.0. The lowest BCUT2D eigenvalue weighted by molar-refractivity contribution is -0.384. The number of nitrogens with zero attached hydrogens (tertiary/aromatic N) is 2. The van der Waals surface area contributed by atoms with Crippen LogP contribution >= 0.6 is 0 Å². The summed E-state index contributed by atoms with van der Waals surface area (Å²) in [7, 11) is 1.87. The van der Waals surface area contributed by atoms with Crippen molar-refractivity contribution in [3.05, 3.63) is 70.3 Å². The topological polar surface area (TPSA) is 75.5 Å². The van der Waals surface area contributed by atoms with Crippen LogP contribution in [0.5, 0.6) is 0 Å². The third kappa shape index (κ3) is 5.52. The summed E-state index contributed by atoms with van der Waals surface area (Å²) in [5, 5.41) is 13.4. The minimum atomic E-state index is -0.484. The van der Waals surface area contributed by atoms with Crippen molar-refractivity contribution in [1.82, 2.24) is 4.90 Å². The summed E-state index contributed by atoms with van der Waals surface area (Å²) >= 11 is 0. The predicted molar refractivity (Wildman–Crippen MR) is 89.4 cm³/mol. The van der Waals surface area contributed by atoms with Crippen molar-refractivity contribution < 1.29 is 9.72 Å². The van der Waals surface area contributed by atoms with Crippen LogP contribution in [0.1, 0.15) is 5.56 Å². The van der Waals surface area contributed by atoms with E-state index in [0.717, 1.165) is 13.0 Å². The highest BCUT2D eigenvalue weighted by molar-refractivity contribution is 5.92. The lowest BCUT2D eigenvalue weighted by Crippen LogP contribution is -2.31. The predicted octanol–water partition coefficient (Wildman–Crippen LogP) is 2.71. The molecular weight excluding hydrogens is 294 g/mol. The van der Waals surface area contributed by atoms with Gasteiger partial charge in [0.25, 0.3) is 5.69 Å². The molecule has 0 aliphatic heterocycles. The van der Waals surface area contributed by atoms with E-state index in [1.807, 2.05) is 30.1 Å². The molecule has 0 aromatic heterocycles. The summed E-state index contributed by atoms with van der Waals surface area (Å²) in [5.41, 5.74) is 1.61. The Bertz CT molecular complexity index is 674. The summed E-state index contributed by atoms with van der Waals surface area (Å²) in [5.74, 6) is -0.193. The Morgan fingerprint density at radius 2 is 1.91 bits per heavy atom. The van der Waals surface area contributed by atoms with Crippen LogP contribution in [0.3, 0.4) is 0 Å². The van der Waals surface area contributed by atoms with Gasteiger partial charge < -0.3 is 5.32 Å². The molecule has 0 atom stereocenters. The van der Waals surface area contributed by atoms with Crippen LogP contribution in [0, 0.1) is 10.1 Å². The molecule has 2 rings (SSSR count). The molecule has 0 saturated heterocycles. The van der Waals surface area contributed by atoms with E-state index in [-0.39, 0.29) is 18.1 Å². The third-order valence-corrected chi connectivity index (χ3v) is 3.38. The zero-order valence-electron chi connectivity index (χ0n) is 12.9. The fraction of sp³-hybridized carbons (Fsp3) is 0.235. The van der Waals surface area contributed by atoms with Crippen molar-refractivity contribution in [3.8, 4) is 0 Å². The number of benzene rings is 2. The Morgan fingerprint density at radius 1 is 1.17 bits per heavy atom. The third-order valence-electron chi connectivity index (χ3n) is 3.38. The van der Waals surface area contributed by atoms with Crippen molar-refractivity contribution in [2.24, 2.45) is 0 Å². The number of nitro groups is 1. The summed E-state index contributed by atoms with van der Waals surface area (Å²) in [6, 6.07) is 16.0. The molecule has 0 fully saturated rings. The second-order valence-corrected chi connectivity index (χ2v) is 5.33. The number of hydrogen-bond acceptors (Lipinski definition) is 4. The highest BCUT2D eigenvalue weighted by Gasteiger charge is 2.10. The number of hydrogen-bond donors (Lipinski definition) is 1. The van der Waals surface area contributed by atoms with Gasteiger partial charge in [0.05, 0.1) is 11.5 Å². The molecule has 0 aliphatic carbocycles. The van der Waals surface area contributed by atoms with Gasteiger partial charge in [0, 0.05) is 24.4 Å². The van der Waals surface area contributed by atoms with Crippen molar-refractivity contribution in [1.29, 1.82) is 0 Å². The Balaban J connectivity index is 1.82. The monoisotopic (exact) mass is 313 g/mol. The van der Waals surface area contributed by atoms with Crippen LogP contribution in [0.4, 0.5) is 11.4 Å². The average molecular weight is 313 g/mol. The number of amides is 1. The molecule has 0 bridgehead atoms. The number of anilines is 1. The number of likely N-dealkylation sites (N-methyl/N-ethyl adjacent to an activating group) is 1. The van der Waals surface area contributed by atoms with Gasteiger partial charge in [0.2, 0.25) is 5.91 Å². The van der Waals surface area contributed by atoms with Gasteiger partial charge in [0.1, 0.15) is 0 Å². The molecule has 0 spiro atoms. The highest BCUT2D eigenvalue weighted by Crippen LogP contribution is 2.16. The van der Waals surface area contributed by atoms with E-state index in [1.54, 1.807) is 12.1 Å². The first-order valence-electron chi connectivity index (χ1n) is 7.31. The summed E-state index contributed by atoms with van der Waals surface area (Å²) in [6.07, 6.45) is 0.863. The maximum Gasteiger partial charge on any atom is 0.271 e. The van der Waals surface area contributed by atoms with E-state index in [1.165, 1.54) is 17.7 Å². The highest BCUT2D eigenvalue weighted by atomic mass is 16.6. The number of non-ortho nitro benzene ring substituents is 1. The van der Waals surface area contributed by atoms with Crippen LogP contribution < -0.4 is 5.32 Å². The van der Waals surface area contributed by atoms with Crippen molar-refractivity contribution in [3.63, 3.8) is 0 Å². The zero-order chi connectivity index (χ0) is 16.7. The number of rotatable bonds is 7. The number of nitrogens with one attached hydrogen (secondary N) is 1. The lowest BCUT2D eigenvalue weighted by atomic mass is 10.1. The van der Waals surface area contributed by atoms with Gasteiger partial charge in [-0.3, -0.25) is 19.8 Å². The van der Waals surface area contributed by atoms with Gasteiger partial charge >= 0.3 is 0 Å². The van der Waals surface area contributed by atoms with E-state index in [9.17, 15) is 14.9 Å². The molecule has 1 amide bonds. The molecular formula is C17H19N3O3. The minimum absolute atomic E-state index is 0.0415. The van der Waals surface area contributed by atoms with Gasteiger partial charge in [-0.25, -0.2) is 0 Å². The summed E-state index contributed by atoms with van der Waals surface area (Å²) in [4.78, 5) is 24.1. The number of carbonyl (C=O) groups excluding carboxylic acids is 1. The van der Waals surface area contributed by atoms with E-state index >= 15 is 0 Å². The molecule has 0 unspecified atom stereocenters. The Kier molecular flexibility index (Phi) is 5.82. The van der Waals surface area contributed by atoms with Gasteiger partial charge in [-0.05, 0) is 25.1 Å². The van der Waals surface area contributed by atoms with Crippen molar-refractivity contribution in [2.75, 3.05) is 25.5 Å². The molecule has 0 saturated carbocycles. The molecule has 120 valence electrons. The molecule has 1 N–H and O–H groups in total. The fourth-order valence-electron chi connectivity index (χ4n) is 2.19. The number of nitro benzene ring substituents is 1. The maximum atomic E-state index is 12.0. The first kappa shape index (κ1) is 16.6. The Morgan fingerprint density at radius 3 is 2.61 bits per heavy atom. The molecule has 0 radical (unpaired) electrons. The average Bonchev–Trinajstić information content (AvgIpc) is 2.54. The summed E-state index contributed by atoms with van der Waals surface area (Å²) in [6.45, 7) is 0.988. The van der Waals surface area contributed by atoms with E-state index in [0.29, 0.717) is 5.69 Å². The lowest BCUT2D eigenvalue weighted by Gasteiger charge is -2.16. The molecule has 6 nitrogen and oxygen atoms in total. The largest absolute Gasteiger partial charge is 0.325 e. The summed E-state index contributed by atoms with van der Waals surface area (Å²) < 4.78 is 0. The smallest absolute Gasteiger partial charge is 0.271 e. The van der Waals surface area contributed by atoms with Gasteiger partial charge in [-0.1, -0.05) is 36.4 Å². The minimum Gasteiger partial charge on any atom is -0.325 e. The van der Waals surface area contributed by atoms with Gasteiger partial charge in [-0.2, -0.15) is 0 Å². The molecule has 0 heterocycles. The first-order chi connectivity index (χ1) is 11.0. The first-order valence-corrected chi connectivity index (χ1v) is 7.31. The molecule has 2 aromatic carbocycles. The fourth-order valence-corrected chi connectivity index (χ4v) is 2.19. The molecule has 2 aromatic rings. The van der Waals surface area contributed by atoms with Crippen molar-refractivity contribution in [2.45, 2.75) is 6.42 Å². The molecule has 0 aliphatic rings. The molecule has 6 heteroatoms. The van der Waals surface area contributed by atoms with Crippen LogP contribution in [0.15, 0.2) is 54.6 Å². The Labute approximate surface area is 134 Å². The normalized spacial score (nSPS) is 10.5. The van der Waals surface area contributed by atoms with Crippen LogP contribution in [-0.4, -0.2) is 35.9 Å². The zero-order valence-corrected chi connectivity index (χ0v) is 12.9. The standard InChI is InChI=1S/C17H19N3O3/c1-19(11-10-14-6-3-2-4-7-14)13-17(21)18-15-8-5-9-16(12-15)20(22)23/h2-9,12H,10-11,13H2,1H3,(H,18,21). The van der Waals surface area contributed by atoms with Crippen LogP contribution in [-0.2, 0) is 11.2 Å². The van der Waals surface area contributed by atoms with Crippen LogP contribution in [0.2, 0.25) is 0 Å². The van der Waals surface area contributed by atoms with E-state index < -0.39 is 4.92 Å². The second-order valence-electron chi connectivity index (χ2n) is 5.33. The van der Waals surface area contributed by atoms with Gasteiger partial charge in [-0.15, -0.1) is 0 Å². The number of carbonyl (C=O) groups is 1. The van der Waals surface area contributed by atoms with Gasteiger partial charge in [0.15, 0.2) is 0 Å². The quantitative estimate of drug-likeness (QED) is 0.630. The van der Waals surface area contributed by atoms with Crippen LogP contribution in [0.25, 0.3) is 0 Å². The Hall–Kier alpha value is -2.73. The second kappa shape index (κ2) is 8.05. The van der Waals surface area contributed by atoms with E-state index in [4.69, 9.17) is 0 Å².